The maximum atomic E-state index is 11.4. The lowest BCUT2D eigenvalue weighted by molar-refractivity contribution is -0.122. The fourth-order valence-corrected chi connectivity index (χ4v) is 2.65. The van der Waals surface area contributed by atoms with Crippen LogP contribution in [0.15, 0.2) is 0 Å². The van der Waals surface area contributed by atoms with Crippen LogP contribution >= 0.6 is 11.8 Å². The van der Waals surface area contributed by atoms with Crippen LogP contribution in [0.5, 0.6) is 0 Å². The fraction of sp³-hybridized carbons (Fsp3) is 0.900. The number of carbonyl (C=O) groups excluding carboxylic acids is 1. The Bertz CT molecular complexity index is 215. The van der Waals surface area contributed by atoms with Crippen LogP contribution < -0.4 is 11.3 Å². The molecule has 0 aliphatic carbocycles. The first kappa shape index (κ1) is 12.8. The van der Waals surface area contributed by atoms with Gasteiger partial charge in [-0.05, 0) is 38.4 Å². The molecule has 0 aromatic rings. The molecular formula is C10H20N2O2S. The molecule has 0 spiro atoms. The third-order valence-electron chi connectivity index (χ3n) is 2.70. The van der Waals surface area contributed by atoms with E-state index in [2.05, 4.69) is 5.43 Å². The Morgan fingerprint density at radius 1 is 1.53 bits per heavy atom. The fourth-order valence-electron chi connectivity index (χ4n) is 1.48. The van der Waals surface area contributed by atoms with Crippen LogP contribution in [0.25, 0.3) is 0 Å². The summed E-state index contributed by atoms with van der Waals surface area (Å²) in [5.41, 5.74) is 2.21. The van der Waals surface area contributed by atoms with Crippen LogP contribution in [-0.2, 0) is 9.53 Å². The third-order valence-corrected chi connectivity index (χ3v) is 4.24. The number of amides is 1. The Kier molecular flexibility index (Phi) is 4.89. The highest BCUT2D eigenvalue weighted by Crippen LogP contribution is 2.29. The molecule has 0 bridgehead atoms. The number of hydrogen-bond acceptors (Lipinski definition) is 4. The smallest absolute Gasteiger partial charge is 0.249 e. The monoisotopic (exact) mass is 232 g/mol. The molecule has 1 rings (SSSR count). The number of ether oxygens (including phenoxy) is 1. The van der Waals surface area contributed by atoms with Crippen molar-refractivity contribution in [3.05, 3.63) is 0 Å². The van der Waals surface area contributed by atoms with Crippen molar-refractivity contribution in [2.75, 3.05) is 19.0 Å². The van der Waals surface area contributed by atoms with Gasteiger partial charge >= 0.3 is 0 Å². The van der Waals surface area contributed by atoms with Gasteiger partial charge in [-0.2, -0.15) is 0 Å². The SMILES string of the molecule is CC(C)(SCC1CCOCC1)C(=O)NN. The van der Waals surface area contributed by atoms with Crippen molar-refractivity contribution in [1.82, 2.24) is 5.43 Å². The van der Waals surface area contributed by atoms with Crippen molar-refractivity contribution in [3.63, 3.8) is 0 Å². The van der Waals surface area contributed by atoms with Gasteiger partial charge in [-0.3, -0.25) is 10.2 Å². The number of nitrogens with two attached hydrogens (primary N) is 1. The van der Waals surface area contributed by atoms with Crippen molar-refractivity contribution in [1.29, 1.82) is 0 Å². The quantitative estimate of drug-likeness (QED) is 0.430. The van der Waals surface area contributed by atoms with Gasteiger partial charge in [0.05, 0.1) is 4.75 Å². The molecule has 0 aromatic carbocycles. The minimum atomic E-state index is -0.437. The first-order chi connectivity index (χ1) is 7.06. The van der Waals surface area contributed by atoms with Crippen molar-refractivity contribution < 1.29 is 9.53 Å². The summed E-state index contributed by atoms with van der Waals surface area (Å²) >= 11 is 1.67. The van der Waals surface area contributed by atoms with Crippen LogP contribution in [0.1, 0.15) is 26.7 Å². The van der Waals surface area contributed by atoms with Crippen LogP contribution in [0, 0.1) is 5.92 Å². The van der Waals surface area contributed by atoms with Crippen LogP contribution in [-0.4, -0.2) is 29.6 Å². The topological polar surface area (TPSA) is 64.3 Å². The zero-order chi connectivity index (χ0) is 11.3. The second-order valence-corrected chi connectivity index (χ2v) is 5.99. The number of hydrazine groups is 1. The number of nitrogens with one attached hydrogen (secondary N) is 1. The molecule has 5 heteroatoms. The molecule has 1 aliphatic rings. The molecule has 1 saturated heterocycles. The third kappa shape index (κ3) is 4.01. The van der Waals surface area contributed by atoms with Crippen LogP contribution in [0.3, 0.4) is 0 Å². The van der Waals surface area contributed by atoms with Gasteiger partial charge in [0.15, 0.2) is 0 Å². The van der Waals surface area contributed by atoms with E-state index in [0.29, 0.717) is 5.92 Å². The van der Waals surface area contributed by atoms with E-state index in [1.807, 2.05) is 13.8 Å². The Morgan fingerprint density at radius 2 is 2.13 bits per heavy atom. The van der Waals surface area contributed by atoms with E-state index < -0.39 is 4.75 Å². The Hall–Kier alpha value is -0.260. The molecule has 1 amide bonds. The lowest BCUT2D eigenvalue weighted by Crippen LogP contribution is -2.44. The summed E-state index contributed by atoms with van der Waals surface area (Å²) in [6.07, 6.45) is 2.21. The predicted octanol–water partition coefficient (Wildman–Crippen LogP) is 0.915. The van der Waals surface area contributed by atoms with Crippen LogP contribution in [0.2, 0.25) is 0 Å². The van der Waals surface area contributed by atoms with Crippen molar-refractivity contribution in [2.45, 2.75) is 31.4 Å². The first-order valence-electron chi connectivity index (χ1n) is 5.29. The second kappa shape index (κ2) is 5.72. The summed E-state index contributed by atoms with van der Waals surface area (Å²) in [7, 11) is 0. The number of carbonyl (C=O) groups is 1. The molecule has 1 aliphatic heterocycles. The summed E-state index contributed by atoms with van der Waals surface area (Å²) in [6, 6.07) is 0. The lowest BCUT2D eigenvalue weighted by Gasteiger charge is -2.27. The molecule has 15 heavy (non-hydrogen) atoms. The second-order valence-electron chi connectivity index (χ2n) is 4.35. The van der Waals surface area contributed by atoms with Gasteiger partial charge in [-0.1, -0.05) is 0 Å². The average Bonchev–Trinajstić information content (AvgIpc) is 2.27. The van der Waals surface area contributed by atoms with Gasteiger partial charge in [-0.25, -0.2) is 5.84 Å². The summed E-state index contributed by atoms with van der Waals surface area (Å²) in [6.45, 7) is 5.52. The zero-order valence-electron chi connectivity index (χ0n) is 9.41. The van der Waals surface area contributed by atoms with E-state index >= 15 is 0 Å². The van der Waals surface area contributed by atoms with Gasteiger partial charge in [0.1, 0.15) is 0 Å². The molecule has 3 N–H and O–H groups in total. The number of thioether (sulfide) groups is 1. The van der Waals surface area contributed by atoms with E-state index in [9.17, 15) is 4.79 Å². The molecule has 1 fully saturated rings. The summed E-state index contributed by atoms with van der Waals surface area (Å²) in [4.78, 5) is 11.4. The molecule has 0 saturated carbocycles. The Morgan fingerprint density at radius 3 is 2.67 bits per heavy atom. The summed E-state index contributed by atoms with van der Waals surface area (Å²) < 4.78 is 4.85. The summed E-state index contributed by atoms with van der Waals surface area (Å²) in [5, 5.41) is 0. The van der Waals surface area contributed by atoms with E-state index in [-0.39, 0.29) is 5.91 Å². The normalized spacial score (nSPS) is 18.9. The Labute approximate surface area is 95.3 Å². The van der Waals surface area contributed by atoms with Gasteiger partial charge in [0, 0.05) is 13.2 Å². The maximum absolute atomic E-state index is 11.4. The highest BCUT2D eigenvalue weighted by molar-refractivity contribution is 8.01. The standard InChI is InChI=1S/C10H20N2O2S/c1-10(2,9(13)12-11)15-7-8-3-5-14-6-4-8/h8H,3-7,11H2,1-2H3,(H,12,13). The summed E-state index contributed by atoms with van der Waals surface area (Å²) in [5.74, 6) is 6.70. The zero-order valence-corrected chi connectivity index (χ0v) is 10.2. The van der Waals surface area contributed by atoms with Crippen LogP contribution in [0.4, 0.5) is 0 Å². The molecule has 0 aromatic heterocycles. The van der Waals surface area contributed by atoms with Gasteiger partial charge in [0.2, 0.25) is 5.91 Å². The molecule has 0 atom stereocenters. The van der Waals surface area contributed by atoms with E-state index in [0.717, 1.165) is 31.8 Å². The van der Waals surface area contributed by atoms with Gasteiger partial charge < -0.3 is 4.74 Å². The molecule has 0 unspecified atom stereocenters. The van der Waals surface area contributed by atoms with E-state index in [1.54, 1.807) is 11.8 Å². The molecular weight excluding hydrogens is 212 g/mol. The minimum absolute atomic E-state index is 0.112. The van der Waals surface area contributed by atoms with Gasteiger partial charge in [0.25, 0.3) is 0 Å². The van der Waals surface area contributed by atoms with Gasteiger partial charge in [-0.15, -0.1) is 11.8 Å². The average molecular weight is 232 g/mol. The molecule has 88 valence electrons. The first-order valence-corrected chi connectivity index (χ1v) is 6.27. The number of hydrogen-bond donors (Lipinski definition) is 2. The van der Waals surface area contributed by atoms with E-state index in [1.165, 1.54) is 0 Å². The predicted molar refractivity (Wildman–Crippen MR) is 62.4 cm³/mol. The maximum Gasteiger partial charge on any atom is 0.249 e. The minimum Gasteiger partial charge on any atom is -0.381 e. The Balaban J connectivity index is 2.31. The molecule has 0 radical (unpaired) electrons. The van der Waals surface area contributed by atoms with E-state index in [4.69, 9.17) is 10.6 Å². The van der Waals surface area contributed by atoms with Crippen molar-refractivity contribution in [3.8, 4) is 0 Å². The number of rotatable bonds is 4. The highest BCUT2D eigenvalue weighted by atomic mass is 32.2. The lowest BCUT2D eigenvalue weighted by atomic mass is 10.0. The molecule has 4 nitrogen and oxygen atoms in total. The van der Waals surface area contributed by atoms with Crippen molar-refractivity contribution >= 4 is 17.7 Å². The highest BCUT2D eigenvalue weighted by Gasteiger charge is 2.28. The molecule has 1 heterocycles. The van der Waals surface area contributed by atoms with Crippen molar-refractivity contribution in [2.24, 2.45) is 11.8 Å². The largest absolute Gasteiger partial charge is 0.381 e.